The van der Waals surface area contributed by atoms with Crippen molar-refractivity contribution in [3.8, 4) is 0 Å². The summed E-state index contributed by atoms with van der Waals surface area (Å²) in [6.45, 7) is 2.21. The highest BCUT2D eigenvalue weighted by atomic mass is 16.5. The number of hydrogen-bond donors (Lipinski definition) is 0. The van der Waals surface area contributed by atoms with Gasteiger partial charge in [0.25, 0.3) is 0 Å². The predicted molar refractivity (Wildman–Crippen MR) is 31.4 cm³/mol. The van der Waals surface area contributed by atoms with E-state index < -0.39 is 0 Å². The fourth-order valence-electron chi connectivity index (χ4n) is 1.71. The van der Waals surface area contributed by atoms with E-state index in [2.05, 4.69) is 6.92 Å². The second kappa shape index (κ2) is 1.47. The number of hydrogen-bond acceptors (Lipinski definition) is 1. The Balaban J connectivity index is 2.11. The molecule has 0 amide bonds. The molecule has 2 aliphatic heterocycles. The second-order valence-corrected chi connectivity index (χ2v) is 2.87. The first-order valence-electron chi connectivity index (χ1n) is 3.34. The van der Waals surface area contributed by atoms with Gasteiger partial charge in [-0.05, 0) is 19.3 Å². The maximum absolute atomic E-state index is 5.55. The molecule has 2 heterocycles. The molecular formula is C7H11O. The highest BCUT2D eigenvalue weighted by Gasteiger charge is 2.38. The third kappa shape index (κ3) is 0.510. The Kier molecular flexibility index (Phi) is 0.884. The van der Waals surface area contributed by atoms with Crippen LogP contribution in [0.25, 0.3) is 0 Å². The third-order valence-electron chi connectivity index (χ3n) is 2.21. The Morgan fingerprint density at radius 1 is 1.50 bits per heavy atom. The molecule has 1 radical (unpaired) electrons. The van der Waals surface area contributed by atoms with Gasteiger partial charge in [0.05, 0.1) is 12.2 Å². The van der Waals surface area contributed by atoms with Gasteiger partial charge in [0.1, 0.15) is 0 Å². The van der Waals surface area contributed by atoms with Gasteiger partial charge < -0.3 is 4.74 Å². The van der Waals surface area contributed by atoms with Crippen LogP contribution in [0, 0.1) is 5.92 Å². The van der Waals surface area contributed by atoms with Gasteiger partial charge in [-0.2, -0.15) is 0 Å². The summed E-state index contributed by atoms with van der Waals surface area (Å²) in [5, 5.41) is 0. The average Bonchev–Trinajstić information content (AvgIpc) is 2.23. The fraction of sp³-hybridized carbons (Fsp3) is 0.857. The normalized spacial score (nSPS) is 46.1. The van der Waals surface area contributed by atoms with Gasteiger partial charge in [-0.25, -0.2) is 0 Å². The first kappa shape index (κ1) is 4.80. The molecule has 2 fully saturated rings. The molecule has 0 N–H and O–H groups in total. The van der Waals surface area contributed by atoms with Crippen molar-refractivity contribution < 1.29 is 4.74 Å². The molecule has 1 nitrogen and oxygen atoms in total. The maximum atomic E-state index is 5.55. The molecule has 2 bridgehead atoms. The number of fused-ring (bicyclic) bond motifs is 2. The van der Waals surface area contributed by atoms with Crippen molar-refractivity contribution in [2.75, 3.05) is 0 Å². The van der Waals surface area contributed by atoms with Crippen LogP contribution in [-0.2, 0) is 4.74 Å². The lowest BCUT2D eigenvalue weighted by atomic mass is 9.91. The summed E-state index contributed by atoms with van der Waals surface area (Å²) in [6, 6.07) is 0. The molecule has 0 saturated carbocycles. The SMILES string of the molecule is C[C]1CC2CCC1O2. The van der Waals surface area contributed by atoms with Crippen molar-refractivity contribution in [2.24, 2.45) is 0 Å². The molecule has 2 aliphatic rings. The largest absolute Gasteiger partial charge is 0.374 e. The van der Waals surface area contributed by atoms with Crippen LogP contribution in [0.5, 0.6) is 0 Å². The van der Waals surface area contributed by atoms with Crippen molar-refractivity contribution in [3.05, 3.63) is 5.92 Å². The minimum absolute atomic E-state index is 0.556. The van der Waals surface area contributed by atoms with Crippen molar-refractivity contribution in [2.45, 2.75) is 38.4 Å². The molecule has 8 heavy (non-hydrogen) atoms. The quantitative estimate of drug-likeness (QED) is 0.460. The first-order chi connectivity index (χ1) is 3.86. The van der Waals surface area contributed by atoms with Crippen LogP contribution in [0.4, 0.5) is 0 Å². The van der Waals surface area contributed by atoms with Crippen molar-refractivity contribution >= 4 is 0 Å². The summed E-state index contributed by atoms with van der Waals surface area (Å²) in [5.74, 6) is 1.57. The Morgan fingerprint density at radius 3 is 2.62 bits per heavy atom. The van der Waals surface area contributed by atoms with Crippen LogP contribution >= 0.6 is 0 Å². The number of rotatable bonds is 0. The van der Waals surface area contributed by atoms with Crippen LogP contribution in [-0.4, -0.2) is 12.2 Å². The van der Waals surface area contributed by atoms with Crippen molar-refractivity contribution in [3.63, 3.8) is 0 Å². The molecule has 45 valence electrons. The van der Waals surface area contributed by atoms with Gasteiger partial charge in [-0.15, -0.1) is 0 Å². The first-order valence-corrected chi connectivity index (χ1v) is 3.34. The van der Waals surface area contributed by atoms with E-state index in [1.807, 2.05) is 0 Å². The highest BCUT2D eigenvalue weighted by molar-refractivity contribution is 5.06. The summed E-state index contributed by atoms with van der Waals surface area (Å²) in [6.07, 6.45) is 5.00. The van der Waals surface area contributed by atoms with Gasteiger partial charge in [-0.1, -0.05) is 6.92 Å². The van der Waals surface area contributed by atoms with Gasteiger partial charge >= 0.3 is 0 Å². The molecule has 2 unspecified atom stereocenters. The van der Waals surface area contributed by atoms with Crippen LogP contribution in [0.1, 0.15) is 26.2 Å². The van der Waals surface area contributed by atoms with E-state index in [0.29, 0.717) is 12.2 Å². The van der Waals surface area contributed by atoms with Crippen molar-refractivity contribution in [1.29, 1.82) is 0 Å². The standard InChI is InChI=1S/C7H11O/c1-5-4-6-2-3-7(5)8-6/h6-7H,2-4H2,1H3. The Hall–Kier alpha value is -0.0400. The summed E-state index contributed by atoms with van der Waals surface area (Å²) in [5.41, 5.74) is 0. The van der Waals surface area contributed by atoms with E-state index in [4.69, 9.17) is 4.74 Å². The lowest BCUT2D eigenvalue weighted by molar-refractivity contribution is 0.108. The minimum Gasteiger partial charge on any atom is -0.374 e. The van der Waals surface area contributed by atoms with Gasteiger partial charge in [0.15, 0.2) is 0 Å². The second-order valence-electron chi connectivity index (χ2n) is 2.87. The van der Waals surface area contributed by atoms with Crippen LogP contribution in [0.3, 0.4) is 0 Å². The minimum atomic E-state index is 0.556. The summed E-state index contributed by atoms with van der Waals surface area (Å²) >= 11 is 0. The molecule has 0 aliphatic carbocycles. The zero-order valence-corrected chi connectivity index (χ0v) is 5.18. The van der Waals surface area contributed by atoms with Crippen molar-refractivity contribution in [1.82, 2.24) is 0 Å². The van der Waals surface area contributed by atoms with Gasteiger partial charge in [0, 0.05) is 5.92 Å². The lowest BCUT2D eigenvalue weighted by Crippen LogP contribution is -2.09. The van der Waals surface area contributed by atoms with Crippen LogP contribution in [0.15, 0.2) is 0 Å². The molecule has 2 atom stereocenters. The molecule has 2 saturated heterocycles. The third-order valence-corrected chi connectivity index (χ3v) is 2.21. The average molecular weight is 111 g/mol. The highest BCUT2D eigenvalue weighted by Crippen LogP contribution is 2.39. The van der Waals surface area contributed by atoms with Crippen LogP contribution in [0.2, 0.25) is 0 Å². The molecule has 2 rings (SSSR count). The van der Waals surface area contributed by atoms with E-state index >= 15 is 0 Å². The van der Waals surface area contributed by atoms with Crippen LogP contribution < -0.4 is 0 Å². The van der Waals surface area contributed by atoms with E-state index in [1.165, 1.54) is 19.3 Å². The Bertz CT molecular complexity index is 98.6. The predicted octanol–water partition coefficient (Wildman–Crippen LogP) is 1.53. The topological polar surface area (TPSA) is 9.23 Å². The lowest BCUT2D eigenvalue weighted by Gasteiger charge is -2.10. The Morgan fingerprint density at radius 2 is 2.38 bits per heavy atom. The summed E-state index contributed by atoms with van der Waals surface area (Å²) in [4.78, 5) is 0. The molecule has 0 spiro atoms. The molecule has 0 aromatic carbocycles. The molecule has 0 aromatic heterocycles. The van der Waals surface area contributed by atoms with Gasteiger partial charge in [0.2, 0.25) is 0 Å². The zero-order chi connectivity index (χ0) is 5.56. The molecular weight excluding hydrogens is 100 g/mol. The Labute approximate surface area is 50.0 Å². The maximum Gasteiger partial charge on any atom is 0.0640 e. The molecule has 1 heteroatoms. The monoisotopic (exact) mass is 111 g/mol. The summed E-state index contributed by atoms with van der Waals surface area (Å²) in [7, 11) is 0. The van der Waals surface area contributed by atoms with E-state index in [-0.39, 0.29) is 0 Å². The summed E-state index contributed by atoms with van der Waals surface area (Å²) < 4.78 is 5.55. The van der Waals surface area contributed by atoms with E-state index in [1.54, 1.807) is 5.92 Å². The van der Waals surface area contributed by atoms with E-state index in [9.17, 15) is 0 Å². The fourth-order valence-corrected chi connectivity index (χ4v) is 1.71. The zero-order valence-electron chi connectivity index (χ0n) is 5.18. The number of ether oxygens (including phenoxy) is 1. The van der Waals surface area contributed by atoms with Gasteiger partial charge in [-0.3, -0.25) is 0 Å². The molecule has 0 aromatic rings. The van der Waals surface area contributed by atoms with E-state index in [0.717, 1.165) is 0 Å². The smallest absolute Gasteiger partial charge is 0.0640 e.